The molecule has 0 saturated carbocycles. The molecular formula is C11H5ClF3NO2. The lowest BCUT2D eigenvalue weighted by molar-refractivity contribution is -0.157. The van der Waals surface area contributed by atoms with Gasteiger partial charge in [0.1, 0.15) is 5.69 Å². The largest absolute Gasteiger partial charge is 0.468 e. The van der Waals surface area contributed by atoms with Crippen molar-refractivity contribution in [2.24, 2.45) is 0 Å². The molecule has 0 saturated heterocycles. The summed E-state index contributed by atoms with van der Waals surface area (Å²) in [4.78, 5) is 14.0. The Labute approximate surface area is 104 Å². The van der Waals surface area contributed by atoms with Crippen LogP contribution in [0.2, 0.25) is 5.02 Å². The van der Waals surface area contributed by atoms with Crippen LogP contribution in [0.4, 0.5) is 13.2 Å². The molecule has 2 aromatic rings. The molecule has 0 N–H and O–H groups in total. The molecule has 0 bridgehead atoms. The average Bonchev–Trinajstić information content (AvgIpc) is 2.73. The van der Waals surface area contributed by atoms with E-state index >= 15 is 0 Å². The molecule has 0 fully saturated rings. The van der Waals surface area contributed by atoms with Crippen molar-refractivity contribution >= 4 is 17.9 Å². The fourth-order valence-corrected chi connectivity index (χ4v) is 1.47. The first-order valence-corrected chi connectivity index (χ1v) is 5.09. The molecule has 0 atom stereocenters. The third kappa shape index (κ3) is 2.38. The zero-order valence-electron chi connectivity index (χ0n) is 8.66. The minimum absolute atomic E-state index is 0.158. The molecule has 0 aliphatic carbocycles. The average molecular weight is 276 g/mol. The number of rotatable bonds is 2. The summed E-state index contributed by atoms with van der Waals surface area (Å²) in [6, 6.07) is 5.86. The second-order valence-corrected chi connectivity index (χ2v) is 3.79. The summed E-state index contributed by atoms with van der Waals surface area (Å²) in [7, 11) is 0. The number of alkyl halides is 3. The Morgan fingerprint density at radius 2 is 1.83 bits per heavy atom. The molecule has 2 rings (SSSR count). The smallest absolute Gasteiger partial charge is 0.429 e. The zero-order chi connectivity index (χ0) is 13.3. The molecule has 0 amide bonds. The second-order valence-electron chi connectivity index (χ2n) is 3.35. The number of carbonyl (C=O) groups excluding carboxylic acids is 1. The maximum Gasteiger partial charge on any atom is 0.468 e. The molecule has 7 heteroatoms. The van der Waals surface area contributed by atoms with E-state index in [9.17, 15) is 18.0 Å². The zero-order valence-corrected chi connectivity index (χ0v) is 9.42. The van der Waals surface area contributed by atoms with Gasteiger partial charge in [0.15, 0.2) is 12.0 Å². The van der Waals surface area contributed by atoms with Crippen LogP contribution in [-0.2, 0) is 6.18 Å². The topological polar surface area (TPSA) is 43.1 Å². The van der Waals surface area contributed by atoms with Gasteiger partial charge in [0.2, 0.25) is 0 Å². The van der Waals surface area contributed by atoms with Crippen molar-refractivity contribution in [1.82, 2.24) is 4.98 Å². The van der Waals surface area contributed by atoms with Gasteiger partial charge in [-0.25, -0.2) is 4.98 Å². The lowest BCUT2D eigenvalue weighted by Gasteiger charge is -1.98. The molecule has 0 spiro atoms. The monoisotopic (exact) mass is 275 g/mol. The van der Waals surface area contributed by atoms with Gasteiger partial charge in [-0.05, 0) is 12.1 Å². The van der Waals surface area contributed by atoms with E-state index in [2.05, 4.69) is 9.40 Å². The van der Waals surface area contributed by atoms with Gasteiger partial charge < -0.3 is 4.42 Å². The van der Waals surface area contributed by atoms with Crippen LogP contribution >= 0.6 is 11.6 Å². The van der Waals surface area contributed by atoms with Crippen LogP contribution in [-0.4, -0.2) is 11.3 Å². The van der Waals surface area contributed by atoms with Gasteiger partial charge in [0.05, 0.1) is 0 Å². The molecule has 0 aliphatic rings. The van der Waals surface area contributed by atoms with Crippen LogP contribution in [0.3, 0.4) is 0 Å². The summed E-state index contributed by atoms with van der Waals surface area (Å²) in [5.74, 6) is -1.92. The number of benzene rings is 1. The molecular weight excluding hydrogens is 271 g/mol. The molecule has 18 heavy (non-hydrogen) atoms. The fourth-order valence-electron chi connectivity index (χ4n) is 1.35. The standard InChI is InChI=1S/C11H5ClF3NO2/c12-7-3-1-6(2-4-7)9-8(5-17)18-10(16-9)11(13,14)15/h1-5H. The maximum absolute atomic E-state index is 12.4. The highest BCUT2D eigenvalue weighted by Crippen LogP contribution is 2.33. The highest BCUT2D eigenvalue weighted by Gasteiger charge is 2.38. The summed E-state index contributed by atoms with van der Waals surface area (Å²) < 4.78 is 41.6. The minimum atomic E-state index is -4.73. The maximum atomic E-state index is 12.4. The number of halogens is 4. The summed E-state index contributed by atoms with van der Waals surface area (Å²) in [5, 5.41) is 0.422. The quantitative estimate of drug-likeness (QED) is 0.782. The highest BCUT2D eigenvalue weighted by molar-refractivity contribution is 6.30. The van der Waals surface area contributed by atoms with E-state index in [1.807, 2.05) is 0 Å². The first kappa shape index (κ1) is 12.6. The van der Waals surface area contributed by atoms with Crippen LogP contribution in [0.25, 0.3) is 11.3 Å². The Morgan fingerprint density at radius 1 is 1.22 bits per heavy atom. The molecule has 1 aromatic carbocycles. The SMILES string of the molecule is O=Cc1oc(C(F)(F)F)nc1-c1ccc(Cl)cc1. The van der Waals surface area contributed by atoms with E-state index in [1.54, 1.807) is 0 Å². The number of oxazole rings is 1. The van der Waals surface area contributed by atoms with Crippen molar-refractivity contribution in [2.45, 2.75) is 6.18 Å². The van der Waals surface area contributed by atoms with Crippen molar-refractivity contribution in [3.05, 3.63) is 40.9 Å². The second kappa shape index (κ2) is 4.45. The van der Waals surface area contributed by atoms with E-state index in [0.717, 1.165) is 0 Å². The van der Waals surface area contributed by atoms with Crippen molar-refractivity contribution in [3.8, 4) is 11.3 Å². The van der Waals surface area contributed by atoms with E-state index in [1.165, 1.54) is 24.3 Å². The summed E-state index contributed by atoms with van der Waals surface area (Å²) in [6.45, 7) is 0. The lowest BCUT2D eigenvalue weighted by atomic mass is 10.1. The molecule has 3 nitrogen and oxygen atoms in total. The highest BCUT2D eigenvalue weighted by atomic mass is 35.5. The Hall–Kier alpha value is -1.82. The third-order valence-corrected chi connectivity index (χ3v) is 2.37. The normalized spacial score (nSPS) is 11.6. The molecule has 0 unspecified atom stereocenters. The molecule has 0 radical (unpaired) electrons. The van der Waals surface area contributed by atoms with Gasteiger partial charge in [0, 0.05) is 10.6 Å². The predicted octanol–water partition coefficient (Wildman–Crippen LogP) is 3.83. The number of hydrogen-bond acceptors (Lipinski definition) is 3. The third-order valence-electron chi connectivity index (χ3n) is 2.12. The van der Waals surface area contributed by atoms with Gasteiger partial charge in [-0.15, -0.1) is 0 Å². The predicted molar refractivity (Wildman–Crippen MR) is 57.3 cm³/mol. The van der Waals surface area contributed by atoms with Gasteiger partial charge in [-0.2, -0.15) is 13.2 Å². The van der Waals surface area contributed by atoms with Crippen LogP contribution in [0.1, 0.15) is 16.4 Å². The molecule has 0 aliphatic heterocycles. The van der Waals surface area contributed by atoms with Gasteiger partial charge in [0.25, 0.3) is 0 Å². The lowest BCUT2D eigenvalue weighted by Crippen LogP contribution is -2.04. The van der Waals surface area contributed by atoms with E-state index in [4.69, 9.17) is 11.6 Å². The summed E-state index contributed by atoms with van der Waals surface area (Å²) in [5.41, 5.74) is 0.162. The Balaban J connectivity index is 2.53. The first-order chi connectivity index (χ1) is 8.41. The van der Waals surface area contributed by atoms with Gasteiger partial charge in [-0.1, -0.05) is 23.7 Å². The molecule has 1 aromatic heterocycles. The molecule has 1 heterocycles. The Kier molecular flexibility index (Phi) is 3.13. The van der Waals surface area contributed by atoms with Crippen molar-refractivity contribution in [1.29, 1.82) is 0 Å². The van der Waals surface area contributed by atoms with Crippen molar-refractivity contribution < 1.29 is 22.4 Å². The Morgan fingerprint density at radius 3 is 2.33 bits per heavy atom. The van der Waals surface area contributed by atoms with Gasteiger partial charge in [-0.3, -0.25) is 4.79 Å². The van der Waals surface area contributed by atoms with Crippen LogP contribution in [0, 0.1) is 0 Å². The van der Waals surface area contributed by atoms with Crippen molar-refractivity contribution in [2.75, 3.05) is 0 Å². The van der Waals surface area contributed by atoms with Gasteiger partial charge >= 0.3 is 12.1 Å². The number of carbonyl (C=O) groups is 1. The van der Waals surface area contributed by atoms with Crippen LogP contribution < -0.4 is 0 Å². The molecule has 94 valence electrons. The van der Waals surface area contributed by atoms with Crippen molar-refractivity contribution in [3.63, 3.8) is 0 Å². The number of aldehydes is 1. The number of hydrogen-bond donors (Lipinski definition) is 0. The number of nitrogens with zero attached hydrogens (tertiary/aromatic N) is 1. The van der Waals surface area contributed by atoms with E-state index in [-0.39, 0.29) is 12.0 Å². The first-order valence-electron chi connectivity index (χ1n) is 4.71. The van der Waals surface area contributed by atoms with Crippen LogP contribution in [0.5, 0.6) is 0 Å². The minimum Gasteiger partial charge on any atom is -0.429 e. The summed E-state index contributed by atoms with van der Waals surface area (Å²) in [6.07, 6.45) is -4.55. The summed E-state index contributed by atoms with van der Waals surface area (Å²) >= 11 is 5.66. The number of aromatic nitrogens is 1. The van der Waals surface area contributed by atoms with E-state index < -0.39 is 17.8 Å². The fraction of sp³-hybridized carbons (Fsp3) is 0.0909. The Bertz CT molecular complexity index is 575. The van der Waals surface area contributed by atoms with E-state index in [0.29, 0.717) is 10.6 Å². The van der Waals surface area contributed by atoms with Crippen LogP contribution in [0.15, 0.2) is 28.7 Å².